The van der Waals surface area contributed by atoms with Crippen molar-refractivity contribution in [1.82, 2.24) is 9.97 Å². The molecule has 6 heteroatoms. The summed E-state index contributed by atoms with van der Waals surface area (Å²) in [6.07, 6.45) is -0.764. The zero-order valence-electron chi connectivity index (χ0n) is 11.9. The van der Waals surface area contributed by atoms with Crippen LogP contribution in [0.3, 0.4) is 0 Å². The maximum Gasteiger partial charge on any atom is 0.416 e. The quantitative estimate of drug-likeness (QED) is 0.680. The van der Waals surface area contributed by atoms with Crippen molar-refractivity contribution in [3.63, 3.8) is 0 Å². The van der Waals surface area contributed by atoms with Gasteiger partial charge in [-0.2, -0.15) is 13.2 Å². The lowest BCUT2D eigenvalue weighted by Crippen LogP contribution is -2.16. The van der Waals surface area contributed by atoms with Crippen LogP contribution in [-0.4, -0.2) is 16.1 Å². The molecule has 1 aliphatic rings. The number of rotatable bonds is 2. The van der Waals surface area contributed by atoms with E-state index in [4.69, 9.17) is 11.6 Å². The van der Waals surface area contributed by atoms with Crippen LogP contribution in [0.25, 0.3) is 16.8 Å². The van der Waals surface area contributed by atoms with E-state index in [2.05, 4.69) is 9.97 Å². The Morgan fingerprint density at radius 1 is 0.913 bits per heavy atom. The summed E-state index contributed by atoms with van der Waals surface area (Å²) in [4.78, 5) is 8.10. The summed E-state index contributed by atoms with van der Waals surface area (Å²) in [5.41, 5.74) is 0.843. The molecule has 0 aliphatic heterocycles. The Morgan fingerprint density at radius 3 is 2.26 bits per heavy atom. The predicted octanol–water partition coefficient (Wildman–Crippen LogP) is 5.46. The van der Waals surface area contributed by atoms with E-state index in [9.17, 15) is 13.2 Å². The van der Waals surface area contributed by atoms with Gasteiger partial charge in [-0.1, -0.05) is 42.5 Å². The smallest absolute Gasteiger partial charge is 0.218 e. The number of hydrogen-bond acceptors (Lipinski definition) is 2. The van der Waals surface area contributed by atoms with Gasteiger partial charge in [-0.3, -0.25) is 0 Å². The molecule has 0 bridgehead atoms. The van der Waals surface area contributed by atoms with Crippen molar-refractivity contribution in [3.05, 3.63) is 65.1 Å². The largest absolute Gasteiger partial charge is 0.416 e. The molecule has 118 valence electrons. The van der Waals surface area contributed by atoms with E-state index >= 15 is 0 Å². The summed E-state index contributed by atoms with van der Waals surface area (Å²) in [7, 11) is 0. The second-order valence-electron chi connectivity index (χ2n) is 5.08. The molecule has 2 nitrogen and oxygen atoms in total. The SMILES string of the molecule is FC(F)(F)C1=CCCC=C1c1cc(-c2ccccc2)nc(Cl)n1. The summed E-state index contributed by atoms with van der Waals surface area (Å²) in [6.45, 7) is 0. The highest BCUT2D eigenvalue weighted by atomic mass is 35.5. The van der Waals surface area contributed by atoms with Gasteiger partial charge in [-0.15, -0.1) is 0 Å². The molecule has 3 rings (SSSR count). The molecule has 0 unspecified atom stereocenters. The molecule has 0 fully saturated rings. The van der Waals surface area contributed by atoms with Crippen molar-refractivity contribution >= 4 is 17.2 Å². The number of aromatic nitrogens is 2. The second-order valence-corrected chi connectivity index (χ2v) is 5.42. The molecule has 23 heavy (non-hydrogen) atoms. The molecule has 1 aliphatic carbocycles. The van der Waals surface area contributed by atoms with Gasteiger partial charge in [0.15, 0.2) is 0 Å². The zero-order valence-corrected chi connectivity index (χ0v) is 12.7. The fourth-order valence-electron chi connectivity index (χ4n) is 2.50. The van der Waals surface area contributed by atoms with Gasteiger partial charge in [0.05, 0.1) is 17.0 Å². The monoisotopic (exact) mass is 336 g/mol. The molecular weight excluding hydrogens is 325 g/mol. The number of benzene rings is 1. The number of nitrogens with zero attached hydrogens (tertiary/aromatic N) is 2. The van der Waals surface area contributed by atoms with Crippen LogP contribution in [0.5, 0.6) is 0 Å². The van der Waals surface area contributed by atoms with Crippen LogP contribution in [-0.2, 0) is 0 Å². The standard InChI is InChI=1S/C17H12ClF3N2/c18-16-22-14(11-6-2-1-3-7-11)10-15(23-16)12-8-4-5-9-13(12)17(19,20)21/h1-3,6-10H,4-5H2. The highest BCUT2D eigenvalue weighted by Gasteiger charge is 2.37. The lowest BCUT2D eigenvalue weighted by Gasteiger charge is -2.19. The molecule has 0 N–H and O–H groups in total. The Balaban J connectivity index is 2.09. The highest BCUT2D eigenvalue weighted by molar-refractivity contribution is 6.28. The van der Waals surface area contributed by atoms with Gasteiger partial charge in [0.1, 0.15) is 0 Å². The topological polar surface area (TPSA) is 25.8 Å². The molecular formula is C17H12ClF3N2. The summed E-state index contributed by atoms with van der Waals surface area (Å²) >= 11 is 5.93. The lowest BCUT2D eigenvalue weighted by atomic mass is 9.94. The van der Waals surface area contributed by atoms with Crippen molar-refractivity contribution in [1.29, 1.82) is 0 Å². The van der Waals surface area contributed by atoms with E-state index in [0.29, 0.717) is 18.5 Å². The molecule has 1 heterocycles. The summed E-state index contributed by atoms with van der Waals surface area (Å²) in [6, 6.07) is 10.7. The van der Waals surface area contributed by atoms with Crippen LogP contribution in [0.1, 0.15) is 18.5 Å². The molecule has 1 aromatic carbocycles. The number of halogens is 4. The van der Waals surface area contributed by atoms with E-state index in [1.165, 1.54) is 12.1 Å². The van der Waals surface area contributed by atoms with Gasteiger partial charge >= 0.3 is 6.18 Å². The minimum atomic E-state index is -4.42. The molecule has 0 spiro atoms. The molecule has 1 aromatic heterocycles. The third-order valence-corrected chi connectivity index (χ3v) is 3.67. The van der Waals surface area contributed by atoms with Crippen LogP contribution in [0, 0.1) is 0 Å². The molecule has 0 saturated carbocycles. The highest BCUT2D eigenvalue weighted by Crippen LogP contribution is 2.39. The van der Waals surface area contributed by atoms with Gasteiger partial charge in [0.2, 0.25) is 5.28 Å². The van der Waals surface area contributed by atoms with Gasteiger partial charge in [-0.05, 0) is 30.5 Å². The summed E-state index contributed by atoms with van der Waals surface area (Å²) < 4.78 is 39.6. The minimum absolute atomic E-state index is 0.0604. The zero-order chi connectivity index (χ0) is 16.4. The van der Waals surface area contributed by atoms with Gasteiger partial charge in [-0.25, -0.2) is 9.97 Å². The maximum absolute atomic E-state index is 13.2. The van der Waals surface area contributed by atoms with Crippen LogP contribution in [0.15, 0.2) is 54.1 Å². The molecule has 0 saturated heterocycles. The minimum Gasteiger partial charge on any atom is -0.218 e. The molecule has 0 amide bonds. The number of hydrogen-bond donors (Lipinski definition) is 0. The molecule has 2 aromatic rings. The molecule has 0 atom stereocenters. The Bertz CT molecular complexity index is 780. The van der Waals surface area contributed by atoms with Crippen LogP contribution in [0.4, 0.5) is 13.2 Å². The van der Waals surface area contributed by atoms with Crippen molar-refractivity contribution < 1.29 is 13.2 Å². The number of alkyl halides is 3. The average Bonchev–Trinajstić information content (AvgIpc) is 2.54. The van der Waals surface area contributed by atoms with Crippen molar-refractivity contribution in [2.24, 2.45) is 0 Å². The van der Waals surface area contributed by atoms with Gasteiger partial charge in [0, 0.05) is 11.1 Å². The first-order valence-corrected chi connectivity index (χ1v) is 7.41. The fourth-order valence-corrected chi connectivity index (χ4v) is 2.68. The molecule has 0 radical (unpaired) electrons. The first kappa shape index (κ1) is 15.7. The Hall–Kier alpha value is -2.14. The van der Waals surface area contributed by atoms with Gasteiger partial charge < -0.3 is 0 Å². The first-order valence-electron chi connectivity index (χ1n) is 7.03. The van der Waals surface area contributed by atoms with Crippen molar-refractivity contribution in [2.75, 3.05) is 0 Å². The second kappa shape index (κ2) is 6.16. The van der Waals surface area contributed by atoms with E-state index in [-0.39, 0.29) is 16.6 Å². The van der Waals surface area contributed by atoms with E-state index in [0.717, 1.165) is 5.56 Å². The third-order valence-electron chi connectivity index (χ3n) is 3.50. The van der Waals surface area contributed by atoms with Crippen molar-refractivity contribution in [3.8, 4) is 11.3 Å². The third kappa shape index (κ3) is 3.45. The van der Waals surface area contributed by atoms with Crippen LogP contribution < -0.4 is 0 Å². The fraction of sp³-hybridized carbons (Fsp3) is 0.176. The summed E-state index contributed by atoms with van der Waals surface area (Å²) in [5.74, 6) is 0. The van der Waals surface area contributed by atoms with E-state index in [1.807, 2.05) is 30.3 Å². The van der Waals surface area contributed by atoms with Gasteiger partial charge in [0.25, 0.3) is 0 Å². The van der Waals surface area contributed by atoms with Crippen molar-refractivity contribution in [2.45, 2.75) is 19.0 Å². The van der Waals surface area contributed by atoms with E-state index in [1.54, 1.807) is 6.08 Å². The van der Waals surface area contributed by atoms with E-state index < -0.39 is 11.7 Å². The summed E-state index contributed by atoms with van der Waals surface area (Å²) in [5, 5.41) is -0.0747. The van der Waals surface area contributed by atoms with Crippen LogP contribution >= 0.6 is 11.6 Å². The first-order chi connectivity index (χ1) is 10.9. The predicted molar refractivity (Wildman–Crippen MR) is 83.8 cm³/mol. The maximum atomic E-state index is 13.2. The lowest BCUT2D eigenvalue weighted by molar-refractivity contribution is -0.0874. The average molecular weight is 337 g/mol. The Labute approximate surface area is 136 Å². The Kier molecular flexibility index (Phi) is 4.22. The normalized spacial score (nSPS) is 15.1. The van der Waals surface area contributed by atoms with Crippen LogP contribution in [0.2, 0.25) is 5.28 Å². The number of allylic oxidation sites excluding steroid dienone is 4. The Morgan fingerprint density at radius 2 is 1.57 bits per heavy atom.